The average Bonchev–Trinajstić information content (AvgIpc) is 3.20. The fourth-order valence-corrected chi connectivity index (χ4v) is 3.53. The summed E-state index contributed by atoms with van der Waals surface area (Å²) in [5.41, 5.74) is 0.559. The van der Waals surface area contributed by atoms with E-state index in [9.17, 15) is 4.79 Å². The number of halogens is 2. The molecule has 2 heterocycles. The van der Waals surface area contributed by atoms with Crippen LogP contribution in [-0.2, 0) is 11.2 Å². The summed E-state index contributed by atoms with van der Waals surface area (Å²) in [4.78, 5) is 12.2. The molecule has 1 aromatic carbocycles. The van der Waals surface area contributed by atoms with E-state index in [0.717, 1.165) is 12.2 Å². The zero-order chi connectivity index (χ0) is 17.8. The van der Waals surface area contributed by atoms with Gasteiger partial charge in [-0.15, -0.1) is 10.2 Å². The number of anilines is 1. The van der Waals surface area contributed by atoms with Gasteiger partial charge < -0.3 is 5.32 Å². The van der Waals surface area contributed by atoms with E-state index < -0.39 is 0 Å². The Morgan fingerprint density at radius 3 is 2.48 bits per heavy atom. The van der Waals surface area contributed by atoms with Crippen LogP contribution in [0.15, 0.2) is 47.9 Å². The van der Waals surface area contributed by atoms with Crippen molar-refractivity contribution in [3.05, 3.63) is 58.6 Å². The number of carbonyl (C=O) groups excluding carboxylic acids is 1. The van der Waals surface area contributed by atoms with Crippen molar-refractivity contribution in [2.24, 2.45) is 0 Å². The fourth-order valence-electron chi connectivity index (χ4n) is 2.25. The summed E-state index contributed by atoms with van der Waals surface area (Å²) in [6, 6.07) is 8.74. The molecule has 9 heteroatoms. The second kappa shape index (κ2) is 7.95. The minimum absolute atomic E-state index is 0.177. The van der Waals surface area contributed by atoms with Gasteiger partial charge in [-0.3, -0.25) is 9.47 Å². The van der Waals surface area contributed by atoms with E-state index >= 15 is 0 Å². The Balaban J connectivity index is 1.69. The lowest BCUT2D eigenvalue weighted by Crippen LogP contribution is -2.16. The molecule has 0 aliphatic heterocycles. The molecular formula is C16H15Cl2N5OS. The number of rotatable bonds is 6. The number of carbonyl (C=O) groups is 1. The average molecular weight is 396 g/mol. The molecule has 0 aliphatic rings. The molecule has 0 saturated carbocycles. The maximum absolute atomic E-state index is 12.2. The minimum Gasteiger partial charge on any atom is -0.325 e. The first-order valence-corrected chi connectivity index (χ1v) is 9.27. The third-order valence-corrected chi connectivity index (χ3v) is 4.65. The molecule has 3 aromatic rings. The van der Waals surface area contributed by atoms with Crippen molar-refractivity contribution in [3.8, 4) is 0 Å². The summed E-state index contributed by atoms with van der Waals surface area (Å²) in [7, 11) is 0. The summed E-state index contributed by atoms with van der Waals surface area (Å²) in [6.07, 6.45) is 4.54. The van der Waals surface area contributed by atoms with Crippen LogP contribution in [0.3, 0.4) is 0 Å². The molecule has 0 bridgehead atoms. The molecule has 1 amide bonds. The standard InChI is InChI=1S/C16H15Cl2N5OS/c1-2-14-20-21-16(23(14)22-5-3-4-6-22)25-10-15(24)19-13-8-11(17)7-12(18)9-13/h3-9H,2,10H2,1H3,(H,19,24). The van der Waals surface area contributed by atoms with Gasteiger partial charge >= 0.3 is 0 Å². The number of hydrogen-bond acceptors (Lipinski definition) is 4. The van der Waals surface area contributed by atoms with E-state index in [1.54, 1.807) is 18.2 Å². The molecule has 0 spiro atoms. The predicted octanol–water partition coefficient (Wildman–Crippen LogP) is 3.99. The van der Waals surface area contributed by atoms with Crippen molar-refractivity contribution in [2.45, 2.75) is 18.5 Å². The van der Waals surface area contributed by atoms with Crippen LogP contribution in [0.5, 0.6) is 0 Å². The van der Waals surface area contributed by atoms with Crippen molar-refractivity contribution < 1.29 is 4.79 Å². The van der Waals surface area contributed by atoms with Crippen LogP contribution in [0.25, 0.3) is 0 Å². The van der Waals surface area contributed by atoms with Crippen LogP contribution < -0.4 is 5.32 Å². The largest absolute Gasteiger partial charge is 0.325 e. The van der Waals surface area contributed by atoms with Gasteiger partial charge in [-0.1, -0.05) is 41.9 Å². The highest BCUT2D eigenvalue weighted by molar-refractivity contribution is 7.99. The molecule has 6 nitrogen and oxygen atoms in total. The van der Waals surface area contributed by atoms with E-state index in [-0.39, 0.29) is 11.7 Å². The Bertz CT molecular complexity index is 859. The van der Waals surface area contributed by atoms with Crippen LogP contribution in [0.4, 0.5) is 5.69 Å². The zero-order valence-corrected chi connectivity index (χ0v) is 15.6. The number of nitrogens with one attached hydrogen (secondary N) is 1. The van der Waals surface area contributed by atoms with Gasteiger partial charge in [0.25, 0.3) is 0 Å². The second-order valence-corrected chi connectivity index (χ2v) is 6.94. The maximum atomic E-state index is 12.2. The Hall–Kier alpha value is -1.96. The lowest BCUT2D eigenvalue weighted by Gasteiger charge is -2.10. The summed E-state index contributed by atoms with van der Waals surface area (Å²) in [5.74, 6) is 0.830. The minimum atomic E-state index is -0.177. The highest BCUT2D eigenvalue weighted by Gasteiger charge is 2.14. The van der Waals surface area contributed by atoms with Crippen molar-refractivity contribution >= 4 is 46.6 Å². The molecule has 130 valence electrons. The molecule has 0 unspecified atom stereocenters. The van der Waals surface area contributed by atoms with Gasteiger partial charge in [0.1, 0.15) is 0 Å². The van der Waals surface area contributed by atoms with E-state index in [1.807, 2.05) is 40.8 Å². The van der Waals surface area contributed by atoms with Crippen LogP contribution >= 0.6 is 35.0 Å². The smallest absolute Gasteiger partial charge is 0.234 e. The molecule has 2 aromatic heterocycles. The molecular weight excluding hydrogens is 381 g/mol. The Kier molecular flexibility index (Phi) is 5.67. The maximum Gasteiger partial charge on any atom is 0.234 e. The summed E-state index contributed by atoms with van der Waals surface area (Å²) in [6.45, 7) is 2.01. The number of amides is 1. The second-order valence-electron chi connectivity index (χ2n) is 5.12. The van der Waals surface area contributed by atoms with E-state index in [1.165, 1.54) is 11.8 Å². The highest BCUT2D eigenvalue weighted by atomic mass is 35.5. The summed E-state index contributed by atoms with van der Waals surface area (Å²) in [5, 5.41) is 12.7. The van der Waals surface area contributed by atoms with Gasteiger partial charge in [-0.2, -0.15) is 0 Å². The lowest BCUT2D eigenvalue weighted by molar-refractivity contribution is -0.113. The van der Waals surface area contributed by atoms with Gasteiger partial charge in [0.05, 0.1) is 5.75 Å². The molecule has 3 rings (SSSR count). The first-order valence-electron chi connectivity index (χ1n) is 7.53. The third-order valence-electron chi connectivity index (χ3n) is 3.29. The van der Waals surface area contributed by atoms with E-state index in [4.69, 9.17) is 23.2 Å². The van der Waals surface area contributed by atoms with Crippen molar-refractivity contribution in [2.75, 3.05) is 11.1 Å². The molecule has 0 radical (unpaired) electrons. The first kappa shape index (κ1) is 17.8. The number of nitrogens with zero attached hydrogens (tertiary/aromatic N) is 4. The third kappa shape index (κ3) is 4.36. The SMILES string of the molecule is CCc1nnc(SCC(=O)Nc2cc(Cl)cc(Cl)c2)n1-n1cccc1. The molecule has 0 atom stereocenters. The monoisotopic (exact) mass is 395 g/mol. The number of hydrogen-bond donors (Lipinski definition) is 1. The van der Waals surface area contributed by atoms with Crippen LogP contribution in [0, 0.1) is 0 Å². The fraction of sp³-hybridized carbons (Fsp3) is 0.188. The Morgan fingerprint density at radius 1 is 1.16 bits per heavy atom. The topological polar surface area (TPSA) is 64.7 Å². The Labute approximate surface area is 159 Å². The lowest BCUT2D eigenvalue weighted by atomic mass is 10.3. The number of benzene rings is 1. The van der Waals surface area contributed by atoms with Gasteiger partial charge in [-0.25, -0.2) is 4.68 Å². The highest BCUT2D eigenvalue weighted by Crippen LogP contribution is 2.23. The van der Waals surface area contributed by atoms with Crippen LogP contribution in [0.2, 0.25) is 10.0 Å². The van der Waals surface area contributed by atoms with Gasteiger partial charge in [0.2, 0.25) is 11.1 Å². The summed E-state index contributed by atoms with van der Waals surface area (Å²) < 4.78 is 3.77. The molecule has 1 N–H and O–H groups in total. The zero-order valence-electron chi connectivity index (χ0n) is 13.3. The van der Waals surface area contributed by atoms with Crippen molar-refractivity contribution in [3.63, 3.8) is 0 Å². The van der Waals surface area contributed by atoms with Crippen LogP contribution in [-0.4, -0.2) is 31.2 Å². The van der Waals surface area contributed by atoms with Crippen LogP contribution in [0.1, 0.15) is 12.7 Å². The van der Waals surface area contributed by atoms with Gasteiger partial charge in [-0.05, 0) is 30.3 Å². The molecule has 25 heavy (non-hydrogen) atoms. The quantitative estimate of drug-likeness (QED) is 0.640. The van der Waals surface area contributed by atoms with E-state index in [0.29, 0.717) is 20.9 Å². The molecule has 0 aliphatic carbocycles. The number of thioether (sulfide) groups is 1. The number of aromatic nitrogens is 4. The first-order chi connectivity index (χ1) is 12.1. The predicted molar refractivity (Wildman–Crippen MR) is 100 cm³/mol. The van der Waals surface area contributed by atoms with Gasteiger partial charge in [0, 0.05) is 34.5 Å². The van der Waals surface area contributed by atoms with Crippen molar-refractivity contribution in [1.29, 1.82) is 0 Å². The normalized spacial score (nSPS) is 10.8. The summed E-state index contributed by atoms with van der Waals surface area (Å²) >= 11 is 13.2. The molecule has 0 fully saturated rings. The number of aryl methyl sites for hydroxylation is 1. The molecule has 0 saturated heterocycles. The van der Waals surface area contributed by atoms with E-state index in [2.05, 4.69) is 15.5 Å². The van der Waals surface area contributed by atoms with Crippen molar-refractivity contribution in [1.82, 2.24) is 19.5 Å². The van der Waals surface area contributed by atoms with Gasteiger partial charge in [0.15, 0.2) is 5.82 Å². The Morgan fingerprint density at radius 2 is 1.84 bits per heavy atom.